The fourth-order valence-corrected chi connectivity index (χ4v) is 2.67. The lowest BCUT2D eigenvalue weighted by Gasteiger charge is -2.28. The Kier molecular flexibility index (Phi) is 4.67. The highest BCUT2D eigenvalue weighted by Gasteiger charge is 2.33. The maximum atomic E-state index is 12.7. The van der Waals surface area contributed by atoms with Crippen LogP contribution in [0.25, 0.3) is 6.08 Å². The van der Waals surface area contributed by atoms with Crippen LogP contribution in [0.15, 0.2) is 52.7 Å². The molecule has 1 aliphatic heterocycles. The molecule has 2 amide bonds. The van der Waals surface area contributed by atoms with E-state index in [1.165, 1.54) is 11.2 Å². The summed E-state index contributed by atoms with van der Waals surface area (Å²) in [4.78, 5) is 28.2. The maximum absolute atomic E-state index is 12.7. The number of hydrogen-bond acceptors (Lipinski definition) is 5. The summed E-state index contributed by atoms with van der Waals surface area (Å²) in [5, 5.41) is 2.63. The van der Waals surface area contributed by atoms with E-state index in [9.17, 15) is 9.59 Å². The summed E-state index contributed by atoms with van der Waals surface area (Å²) in [5.41, 5.74) is 1.83. The van der Waals surface area contributed by atoms with Gasteiger partial charge in [-0.25, -0.2) is 0 Å². The second-order valence-corrected chi connectivity index (χ2v) is 6.16. The molecule has 2 aromatic rings. The minimum atomic E-state index is -0.498. The Labute approximate surface area is 150 Å². The van der Waals surface area contributed by atoms with Crippen LogP contribution >= 0.6 is 12.2 Å². The van der Waals surface area contributed by atoms with Gasteiger partial charge in [-0.1, -0.05) is 12.1 Å². The van der Waals surface area contributed by atoms with E-state index in [0.717, 1.165) is 11.3 Å². The number of anilines is 1. The summed E-state index contributed by atoms with van der Waals surface area (Å²) >= 11 is 5.12. The van der Waals surface area contributed by atoms with Crippen LogP contribution in [-0.2, 0) is 16.1 Å². The van der Waals surface area contributed by atoms with E-state index in [-0.39, 0.29) is 17.2 Å². The van der Waals surface area contributed by atoms with Gasteiger partial charge in [0.2, 0.25) is 0 Å². The summed E-state index contributed by atoms with van der Waals surface area (Å²) in [6.07, 6.45) is 3.09. The van der Waals surface area contributed by atoms with Crippen molar-refractivity contribution >= 4 is 40.9 Å². The first-order valence-corrected chi connectivity index (χ1v) is 8.05. The van der Waals surface area contributed by atoms with Crippen LogP contribution in [0.2, 0.25) is 0 Å². The Bertz CT molecular complexity index is 839. The van der Waals surface area contributed by atoms with E-state index in [1.807, 2.05) is 43.3 Å². The Morgan fingerprint density at radius 1 is 1.20 bits per heavy atom. The van der Waals surface area contributed by atoms with Crippen LogP contribution in [0.5, 0.6) is 0 Å². The van der Waals surface area contributed by atoms with Crippen molar-refractivity contribution in [2.75, 3.05) is 19.0 Å². The van der Waals surface area contributed by atoms with Gasteiger partial charge in [0, 0.05) is 19.8 Å². The number of hydrogen-bond donors (Lipinski definition) is 1. The summed E-state index contributed by atoms with van der Waals surface area (Å²) in [5.74, 6) is -0.356. The van der Waals surface area contributed by atoms with E-state index in [4.69, 9.17) is 16.6 Å². The summed E-state index contributed by atoms with van der Waals surface area (Å²) in [6, 6.07) is 11.0. The smallest absolute Gasteiger partial charge is 0.266 e. The summed E-state index contributed by atoms with van der Waals surface area (Å²) in [6.45, 7) is 0.169. The van der Waals surface area contributed by atoms with Crippen LogP contribution in [0.4, 0.5) is 5.69 Å². The normalized spacial score (nSPS) is 16.3. The van der Waals surface area contributed by atoms with Gasteiger partial charge in [-0.05, 0) is 48.1 Å². The Morgan fingerprint density at radius 2 is 1.92 bits per heavy atom. The lowest BCUT2D eigenvalue weighted by molar-refractivity contribution is -0.129. The summed E-state index contributed by atoms with van der Waals surface area (Å²) < 4.78 is 5.26. The molecule has 25 heavy (non-hydrogen) atoms. The highest BCUT2D eigenvalue weighted by molar-refractivity contribution is 7.80. The predicted octanol–water partition coefficient (Wildman–Crippen LogP) is 2.17. The molecule has 0 spiro atoms. The molecule has 2 heterocycles. The molecule has 1 fully saturated rings. The van der Waals surface area contributed by atoms with Gasteiger partial charge in [0.15, 0.2) is 5.11 Å². The molecule has 0 atom stereocenters. The lowest BCUT2D eigenvalue weighted by atomic mass is 10.1. The zero-order valence-electron chi connectivity index (χ0n) is 13.9. The van der Waals surface area contributed by atoms with Crippen molar-refractivity contribution in [1.82, 2.24) is 10.2 Å². The van der Waals surface area contributed by atoms with Crippen molar-refractivity contribution < 1.29 is 14.0 Å². The van der Waals surface area contributed by atoms with Crippen LogP contribution in [0.1, 0.15) is 11.3 Å². The number of nitrogens with one attached hydrogen (secondary N) is 1. The number of furan rings is 1. The van der Waals surface area contributed by atoms with Crippen molar-refractivity contribution in [1.29, 1.82) is 0 Å². The van der Waals surface area contributed by atoms with E-state index >= 15 is 0 Å². The molecule has 0 unspecified atom stereocenters. The van der Waals surface area contributed by atoms with Crippen molar-refractivity contribution in [3.8, 4) is 0 Å². The second kappa shape index (κ2) is 6.90. The average Bonchev–Trinajstić information content (AvgIpc) is 3.09. The van der Waals surface area contributed by atoms with Gasteiger partial charge in [0.05, 0.1) is 12.8 Å². The fraction of sp³-hybridized carbons (Fsp3) is 0.167. The molecule has 0 aliphatic carbocycles. The van der Waals surface area contributed by atoms with E-state index in [0.29, 0.717) is 5.76 Å². The number of rotatable bonds is 4. The first-order valence-electron chi connectivity index (χ1n) is 7.64. The Morgan fingerprint density at radius 3 is 2.52 bits per heavy atom. The molecule has 1 saturated heterocycles. The molecule has 0 radical (unpaired) electrons. The molecular weight excluding hydrogens is 338 g/mol. The number of benzene rings is 1. The van der Waals surface area contributed by atoms with Gasteiger partial charge >= 0.3 is 0 Å². The van der Waals surface area contributed by atoms with Crippen molar-refractivity contribution in [3.63, 3.8) is 0 Å². The molecule has 3 rings (SSSR count). The topological polar surface area (TPSA) is 65.8 Å². The third kappa shape index (κ3) is 3.61. The first-order chi connectivity index (χ1) is 12.0. The number of amides is 2. The van der Waals surface area contributed by atoms with Gasteiger partial charge in [-0.3, -0.25) is 19.8 Å². The quantitative estimate of drug-likeness (QED) is 0.517. The largest absolute Gasteiger partial charge is 0.467 e. The number of thiocarbonyl (C=S) groups is 1. The molecular formula is C18H17N3O3S. The highest BCUT2D eigenvalue weighted by Crippen LogP contribution is 2.19. The monoisotopic (exact) mass is 355 g/mol. The first kappa shape index (κ1) is 16.9. The molecule has 0 saturated carbocycles. The molecule has 1 aliphatic rings. The number of carbonyl (C=O) groups excluding carboxylic acids is 2. The van der Waals surface area contributed by atoms with Crippen LogP contribution in [-0.4, -0.2) is 35.9 Å². The molecule has 6 nitrogen and oxygen atoms in total. The molecule has 1 N–H and O–H groups in total. The predicted molar refractivity (Wildman–Crippen MR) is 98.7 cm³/mol. The Hall–Kier alpha value is -2.93. The van der Waals surface area contributed by atoms with Crippen molar-refractivity contribution in [2.45, 2.75) is 6.54 Å². The number of nitrogens with zero attached hydrogens (tertiary/aromatic N) is 2. The average molecular weight is 355 g/mol. The van der Waals surface area contributed by atoms with Gasteiger partial charge in [0.1, 0.15) is 11.3 Å². The standard InChI is InChI=1S/C18H17N3O3S/c1-20(2)13-7-5-12(6-8-13)10-15-16(22)19-18(25)21(17(15)23)11-14-4-3-9-24-14/h3-10H,11H2,1-2H3,(H,19,22,25)/b15-10+. The van der Waals surface area contributed by atoms with E-state index < -0.39 is 11.8 Å². The van der Waals surface area contributed by atoms with Gasteiger partial charge in [0.25, 0.3) is 11.8 Å². The lowest BCUT2D eigenvalue weighted by Crippen LogP contribution is -2.53. The van der Waals surface area contributed by atoms with Gasteiger partial charge < -0.3 is 9.32 Å². The van der Waals surface area contributed by atoms with Crippen molar-refractivity contribution in [2.24, 2.45) is 0 Å². The zero-order valence-corrected chi connectivity index (χ0v) is 14.7. The van der Waals surface area contributed by atoms with Crippen LogP contribution < -0.4 is 10.2 Å². The SMILES string of the molecule is CN(C)c1ccc(/C=C2\C(=O)NC(=S)N(Cc3ccco3)C2=O)cc1. The molecule has 128 valence electrons. The van der Waals surface area contributed by atoms with Gasteiger partial charge in [-0.2, -0.15) is 0 Å². The minimum absolute atomic E-state index is 0.0396. The minimum Gasteiger partial charge on any atom is -0.467 e. The maximum Gasteiger partial charge on any atom is 0.266 e. The highest BCUT2D eigenvalue weighted by atomic mass is 32.1. The van der Waals surface area contributed by atoms with Crippen LogP contribution in [0, 0.1) is 0 Å². The molecule has 0 bridgehead atoms. The van der Waals surface area contributed by atoms with E-state index in [1.54, 1.807) is 18.2 Å². The number of carbonyl (C=O) groups is 2. The van der Waals surface area contributed by atoms with E-state index in [2.05, 4.69) is 5.32 Å². The third-order valence-corrected chi connectivity index (χ3v) is 4.12. The summed E-state index contributed by atoms with van der Waals surface area (Å²) in [7, 11) is 3.89. The fourth-order valence-electron chi connectivity index (χ4n) is 2.43. The Balaban J connectivity index is 1.87. The molecule has 7 heteroatoms. The molecule has 1 aromatic heterocycles. The van der Waals surface area contributed by atoms with Crippen LogP contribution in [0.3, 0.4) is 0 Å². The molecule has 1 aromatic carbocycles. The second-order valence-electron chi connectivity index (χ2n) is 5.77. The van der Waals surface area contributed by atoms with Gasteiger partial charge in [-0.15, -0.1) is 0 Å². The van der Waals surface area contributed by atoms with Crippen molar-refractivity contribution in [3.05, 3.63) is 59.6 Å². The zero-order chi connectivity index (χ0) is 18.0. The third-order valence-electron chi connectivity index (χ3n) is 3.80.